The van der Waals surface area contributed by atoms with Crippen molar-refractivity contribution in [2.75, 3.05) is 11.9 Å². The van der Waals surface area contributed by atoms with Crippen LogP contribution in [0.15, 0.2) is 12.1 Å². The van der Waals surface area contributed by atoms with Crippen LogP contribution < -0.4 is 4.90 Å². The van der Waals surface area contributed by atoms with Gasteiger partial charge in [-0.15, -0.1) is 0 Å². The minimum atomic E-state index is 0.210. The molecule has 1 aliphatic heterocycles. The quantitative estimate of drug-likeness (QED) is 0.586. The molecule has 0 fully saturated rings. The Balaban J connectivity index is 2.57. The number of hydrogen-bond donors (Lipinski definition) is 0. The van der Waals surface area contributed by atoms with E-state index in [-0.39, 0.29) is 5.91 Å². The van der Waals surface area contributed by atoms with Crippen LogP contribution in [0.4, 0.5) is 5.69 Å². The Hall–Kier alpha value is -1.31. The number of aryl methyl sites for hydroxylation is 2. The van der Waals surface area contributed by atoms with E-state index < -0.39 is 0 Å². The number of anilines is 1. The lowest BCUT2D eigenvalue weighted by atomic mass is 9.98. The second-order valence-electron chi connectivity index (χ2n) is 3.46. The fourth-order valence-corrected chi connectivity index (χ4v) is 1.86. The van der Waals surface area contributed by atoms with Crippen LogP contribution >= 0.6 is 0 Å². The van der Waals surface area contributed by atoms with Gasteiger partial charge in [-0.3, -0.25) is 4.79 Å². The molecule has 1 amide bonds. The first kappa shape index (κ1) is 8.30. The molecule has 2 nitrogen and oxygen atoms in total. The largest absolute Gasteiger partial charge is 0.315 e. The minimum Gasteiger partial charge on any atom is -0.315 e. The van der Waals surface area contributed by atoms with Crippen molar-refractivity contribution in [2.24, 2.45) is 0 Å². The van der Waals surface area contributed by atoms with E-state index >= 15 is 0 Å². The standard InChI is InChI=1S/C11H12NO/c1-8-4-3-5-9-6-7-10(13)12(2)11(8)9/h4-5H,6-7H2,1-2H3. The molecule has 1 aromatic carbocycles. The Morgan fingerprint density at radius 1 is 1.38 bits per heavy atom. The first-order chi connectivity index (χ1) is 6.20. The number of carbonyl (C=O) groups excluding carboxylic acids is 1. The molecule has 1 aromatic rings. The highest BCUT2D eigenvalue weighted by Crippen LogP contribution is 2.29. The lowest BCUT2D eigenvalue weighted by Crippen LogP contribution is -2.31. The van der Waals surface area contributed by atoms with Crippen molar-refractivity contribution in [1.29, 1.82) is 0 Å². The molecule has 1 radical (unpaired) electrons. The van der Waals surface area contributed by atoms with Gasteiger partial charge in [-0.25, -0.2) is 0 Å². The fourth-order valence-electron chi connectivity index (χ4n) is 1.86. The van der Waals surface area contributed by atoms with E-state index in [9.17, 15) is 4.79 Å². The van der Waals surface area contributed by atoms with Crippen LogP contribution in [-0.4, -0.2) is 13.0 Å². The van der Waals surface area contributed by atoms with Gasteiger partial charge >= 0.3 is 0 Å². The van der Waals surface area contributed by atoms with Gasteiger partial charge in [-0.1, -0.05) is 0 Å². The van der Waals surface area contributed by atoms with Crippen molar-refractivity contribution < 1.29 is 4.79 Å². The van der Waals surface area contributed by atoms with Crippen molar-refractivity contribution in [3.8, 4) is 0 Å². The summed E-state index contributed by atoms with van der Waals surface area (Å²) in [5, 5.41) is 0. The molecule has 1 heterocycles. The van der Waals surface area contributed by atoms with Gasteiger partial charge in [0, 0.05) is 19.2 Å². The summed E-state index contributed by atoms with van der Waals surface area (Å²) in [6.07, 6.45) is 1.48. The molecule has 1 aliphatic rings. The van der Waals surface area contributed by atoms with Gasteiger partial charge in [0.05, 0.1) is 0 Å². The van der Waals surface area contributed by atoms with Crippen molar-refractivity contribution in [2.45, 2.75) is 19.8 Å². The van der Waals surface area contributed by atoms with E-state index in [2.05, 4.69) is 6.07 Å². The van der Waals surface area contributed by atoms with Crippen LogP contribution in [0.1, 0.15) is 17.5 Å². The van der Waals surface area contributed by atoms with Gasteiger partial charge in [0.25, 0.3) is 0 Å². The number of amides is 1. The Labute approximate surface area is 78.2 Å². The summed E-state index contributed by atoms with van der Waals surface area (Å²) < 4.78 is 0. The average Bonchev–Trinajstić information content (AvgIpc) is 2.12. The van der Waals surface area contributed by atoms with E-state index in [4.69, 9.17) is 0 Å². The Morgan fingerprint density at radius 3 is 2.92 bits per heavy atom. The van der Waals surface area contributed by atoms with E-state index in [0.717, 1.165) is 17.7 Å². The molecule has 2 heteroatoms. The van der Waals surface area contributed by atoms with E-state index in [1.165, 1.54) is 5.56 Å². The van der Waals surface area contributed by atoms with Gasteiger partial charge < -0.3 is 4.90 Å². The molecular formula is C11H12NO. The zero-order valence-corrected chi connectivity index (χ0v) is 7.92. The number of hydrogen-bond acceptors (Lipinski definition) is 1. The van der Waals surface area contributed by atoms with Crippen LogP contribution in [0.3, 0.4) is 0 Å². The maximum Gasteiger partial charge on any atom is 0.227 e. The Kier molecular flexibility index (Phi) is 1.83. The van der Waals surface area contributed by atoms with Gasteiger partial charge in [-0.2, -0.15) is 0 Å². The van der Waals surface area contributed by atoms with E-state index in [1.807, 2.05) is 26.1 Å². The zero-order valence-electron chi connectivity index (χ0n) is 7.92. The molecule has 0 unspecified atom stereocenters. The number of fused-ring (bicyclic) bond motifs is 1. The number of carbonyl (C=O) groups is 1. The molecular weight excluding hydrogens is 162 g/mol. The van der Waals surface area contributed by atoms with Gasteiger partial charge in [0.15, 0.2) is 0 Å². The smallest absolute Gasteiger partial charge is 0.227 e. The number of rotatable bonds is 0. The lowest BCUT2D eigenvalue weighted by molar-refractivity contribution is -0.118. The molecule has 0 aromatic heterocycles. The Morgan fingerprint density at radius 2 is 2.15 bits per heavy atom. The van der Waals surface area contributed by atoms with Crippen LogP contribution in [-0.2, 0) is 11.2 Å². The van der Waals surface area contributed by atoms with Crippen LogP contribution in [0.2, 0.25) is 0 Å². The van der Waals surface area contributed by atoms with Gasteiger partial charge in [0.2, 0.25) is 5.91 Å². The molecule has 0 aliphatic carbocycles. The summed E-state index contributed by atoms with van der Waals surface area (Å²) in [7, 11) is 1.84. The third-order valence-corrected chi connectivity index (χ3v) is 2.55. The van der Waals surface area contributed by atoms with Crippen molar-refractivity contribution in [3.05, 3.63) is 29.3 Å². The normalized spacial score (nSPS) is 15.8. The SMILES string of the molecule is Cc1c[c]cc2c1N(C)C(=O)CC2. The third kappa shape index (κ3) is 1.22. The molecule has 0 atom stereocenters. The Bertz CT molecular complexity index is 357. The summed E-state index contributed by atoms with van der Waals surface area (Å²) in [4.78, 5) is 13.2. The van der Waals surface area contributed by atoms with Crippen molar-refractivity contribution in [3.63, 3.8) is 0 Å². The minimum absolute atomic E-state index is 0.210. The van der Waals surface area contributed by atoms with Gasteiger partial charge in [0.1, 0.15) is 0 Å². The summed E-state index contributed by atoms with van der Waals surface area (Å²) >= 11 is 0. The highest BCUT2D eigenvalue weighted by atomic mass is 16.2. The number of benzene rings is 1. The van der Waals surface area contributed by atoms with E-state index in [1.54, 1.807) is 4.90 Å². The molecule has 0 saturated carbocycles. The fraction of sp³-hybridized carbons (Fsp3) is 0.364. The highest BCUT2D eigenvalue weighted by Gasteiger charge is 2.21. The topological polar surface area (TPSA) is 20.3 Å². The summed E-state index contributed by atoms with van der Waals surface area (Å²) in [6, 6.07) is 6.99. The van der Waals surface area contributed by atoms with Crippen molar-refractivity contribution >= 4 is 11.6 Å². The summed E-state index contributed by atoms with van der Waals surface area (Å²) in [5.41, 5.74) is 3.45. The lowest BCUT2D eigenvalue weighted by Gasteiger charge is -2.27. The van der Waals surface area contributed by atoms with Gasteiger partial charge in [-0.05, 0) is 42.7 Å². The maximum atomic E-state index is 11.4. The summed E-state index contributed by atoms with van der Waals surface area (Å²) in [6.45, 7) is 2.02. The molecule has 13 heavy (non-hydrogen) atoms. The summed E-state index contributed by atoms with van der Waals surface area (Å²) in [5.74, 6) is 0.210. The predicted molar refractivity (Wildman–Crippen MR) is 51.7 cm³/mol. The van der Waals surface area contributed by atoms with Crippen molar-refractivity contribution in [1.82, 2.24) is 0 Å². The second-order valence-corrected chi connectivity index (χ2v) is 3.46. The molecule has 2 rings (SSSR count). The molecule has 0 bridgehead atoms. The third-order valence-electron chi connectivity index (χ3n) is 2.55. The first-order valence-corrected chi connectivity index (χ1v) is 4.46. The number of nitrogens with zero attached hydrogens (tertiary/aromatic N) is 1. The van der Waals surface area contributed by atoms with Crippen LogP contribution in [0, 0.1) is 13.0 Å². The molecule has 0 spiro atoms. The zero-order chi connectivity index (χ0) is 9.42. The average molecular weight is 174 g/mol. The monoisotopic (exact) mass is 174 g/mol. The predicted octanol–water partition coefficient (Wildman–Crippen LogP) is 1.70. The van der Waals surface area contributed by atoms with Crippen LogP contribution in [0.25, 0.3) is 0 Å². The second kappa shape index (κ2) is 2.87. The van der Waals surface area contributed by atoms with Crippen LogP contribution in [0.5, 0.6) is 0 Å². The maximum absolute atomic E-state index is 11.4. The molecule has 0 saturated heterocycles. The van der Waals surface area contributed by atoms with E-state index in [0.29, 0.717) is 6.42 Å². The highest BCUT2D eigenvalue weighted by molar-refractivity contribution is 5.96. The first-order valence-electron chi connectivity index (χ1n) is 4.46. The molecule has 67 valence electrons. The molecule has 0 N–H and O–H groups in total.